The molecule has 1 aromatic rings. The number of thiophene rings is 1. The van der Waals surface area contributed by atoms with Crippen molar-refractivity contribution in [2.24, 2.45) is 5.92 Å². The van der Waals surface area contributed by atoms with Gasteiger partial charge in [-0.3, -0.25) is 9.69 Å². The maximum absolute atomic E-state index is 11.9. The Morgan fingerprint density at radius 2 is 2.32 bits per heavy atom. The van der Waals surface area contributed by atoms with Crippen molar-refractivity contribution in [3.05, 3.63) is 22.4 Å². The molecule has 0 aromatic carbocycles. The Kier molecular flexibility index (Phi) is 3.89. The second kappa shape index (κ2) is 5.63. The molecule has 4 heteroatoms. The summed E-state index contributed by atoms with van der Waals surface area (Å²) in [6.07, 6.45) is 4.16. The third-order valence-corrected chi connectivity index (χ3v) is 5.35. The molecule has 2 atom stereocenters. The van der Waals surface area contributed by atoms with Crippen molar-refractivity contribution in [1.82, 2.24) is 9.80 Å². The molecule has 0 spiro atoms. The fourth-order valence-electron chi connectivity index (χ4n) is 3.55. The van der Waals surface area contributed by atoms with Crippen LogP contribution >= 0.6 is 11.3 Å². The van der Waals surface area contributed by atoms with Crippen molar-refractivity contribution in [1.29, 1.82) is 0 Å². The fraction of sp³-hybridized carbons (Fsp3) is 0.667. The van der Waals surface area contributed by atoms with Crippen LogP contribution < -0.4 is 0 Å². The van der Waals surface area contributed by atoms with Crippen molar-refractivity contribution >= 4 is 17.2 Å². The van der Waals surface area contributed by atoms with Gasteiger partial charge in [0.05, 0.1) is 0 Å². The minimum atomic E-state index is 0.346. The highest BCUT2D eigenvalue weighted by molar-refractivity contribution is 7.07. The molecule has 0 unspecified atom stereocenters. The van der Waals surface area contributed by atoms with Gasteiger partial charge in [0, 0.05) is 39.1 Å². The van der Waals surface area contributed by atoms with Crippen LogP contribution in [0.4, 0.5) is 0 Å². The summed E-state index contributed by atoms with van der Waals surface area (Å²) in [6, 6.07) is 2.70. The van der Waals surface area contributed by atoms with Crippen LogP contribution in [0, 0.1) is 5.92 Å². The first-order valence-electron chi connectivity index (χ1n) is 7.23. The van der Waals surface area contributed by atoms with Crippen molar-refractivity contribution < 1.29 is 4.79 Å². The lowest BCUT2D eigenvalue weighted by Crippen LogP contribution is -2.49. The first-order valence-corrected chi connectivity index (χ1v) is 8.17. The van der Waals surface area contributed by atoms with Crippen molar-refractivity contribution in [3.63, 3.8) is 0 Å². The van der Waals surface area contributed by atoms with Gasteiger partial charge in [-0.2, -0.15) is 11.3 Å². The van der Waals surface area contributed by atoms with E-state index in [1.807, 2.05) is 11.9 Å². The van der Waals surface area contributed by atoms with Crippen LogP contribution in [0.5, 0.6) is 0 Å². The maximum atomic E-state index is 11.9. The van der Waals surface area contributed by atoms with Crippen LogP contribution in [0.25, 0.3) is 0 Å². The highest BCUT2D eigenvalue weighted by atomic mass is 32.1. The molecule has 1 aromatic heterocycles. The number of hydrogen-bond acceptors (Lipinski definition) is 3. The standard InChI is InChI=1S/C15H22N2OS/c1-16-14-5-7-17(9-12-6-8-19-11-12)10-13(14)3-2-4-15(16)18/h6,8,11,13-14H,2-5,7,9-10H2,1H3/t13-,14+/m0/s1. The van der Waals surface area contributed by atoms with E-state index in [1.54, 1.807) is 11.3 Å². The molecule has 2 aliphatic heterocycles. The van der Waals surface area contributed by atoms with Gasteiger partial charge in [0.2, 0.25) is 5.91 Å². The Balaban J connectivity index is 1.64. The average Bonchev–Trinajstić information content (AvgIpc) is 2.86. The summed E-state index contributed by atoms with van der Waals surface area (Å²) >= 11 is 1.78. The zero-order chi connectivity index (χ0) is 13.2. The molecule has 0 saturated carbocycles. The van der Waals surface area contributed by atoms with Crippen LogP contribution in [0.15, 0.2) is 16.8 Å². The number of fused-ring (bicyclic) bond motifs is 1. The third kappa shape index (κ3) is 2.84. The van der Waals surface area contributed by atoms with Gasteiger partial charge in [-0.1, -0.05) is 0 Å². The zero-order valence-corrected chi connectivity index (χ0v) is 12.4. The van der Waals surface area contributed by atoms with Crippen molar-refractivity contribution in [2.75, 3.05) is 20.1 Å². The summed E-state index contributed by atoms with van der Waals surface area (Å²) in [5, 5.41) is 4.40. The monoisotopic (exact) mass is 278 g/mol. The average molecular weight is 278 g/mol. The SMILES string of the molecule is CN1C(=O)CCC[C@H]2CN(Cc3ccsc3)CC[C@H]21. The lowest BCUT2D eigenvalue weighted by molar-refractivity contribution is -0.132. The van der Waals surface area contributed by atoms with Crippen LogP contribution in [-0.4, -0.2) is 41.9 Å². The van der Waals surface area contributed by atoms with E-state index in [-0.39, 0.29) is 0 Å². The largest absolute Gasteiger partial charge is 0.342 e. The number of nitrogens with zero attached hydrogens (tertiary/aromatic N) is 2. The predicted octanol–water partition coefficient (Wildman–Crippen LogP) is 2.58. The number of rotatable bonds is 2. The molecule has 2 saturated heterocycles. The quantitative estimate of drug-likeness (QED) is 0.830. The Morgan fingerprint density at radius 3 is 3.11 bits per heavy atom. The molecular formula is C15H22N2OS. The van der Waals surface area contributed by atoms with E-state index in [0.29, 0.717) is 17.9 Å². The third-order valence-electron chi connectivity index (χ3n) is 4.62. The molecule has 104 valence electrons. The number of piperidine rings is 1. The van der Waals surface area contributed by atoms with Crippen molar-refractivity contribution in [3.8, 4) is 0 Å². The molecule has 1 amide bonds. The van der Waals surface area contributed by atoms with Gasteiger partial charge in [0.1, 0.15) is 0 Å². The van der Waals surface area contributed by atoms with Crippen LogP contribution in [-0.2, 0) is 11.3 Å². The molecule has 2 aliphatic rings. The molecule has 3 heterocycles. The molecular weight excluding hydrogens is 256 g/mol. The maximum Gasteiger partial charge on any atom is 0.222 e. The molecule has 0 radical (unpaired) electrons. The van der Waals surface area contributed by atoms with E-state index >= 15 is 0 Å². The zero-order valence-electron chi connectivity index (χ0n) is 11.5. The van der Waals surface area contributed by atoms with Crippen LogP contribution in [0.2, 0.25) is 0 Å². The van der Waals surface area contributed by atoms with E-state index in [4.69, 9.17) is 0 Å². The minimum Gasteiger partial charge on any atom is -0.342 e. The molecule has 2 fully saturated rings. The van der Waals surface area contributed by atoms with Gasteiger partial charge in [-0.15, -0.1) is 0 Å². The number of carbonyl (C=O) groups is 1. The number of amides is 1. The second-order valence-corrected chi connectivity index (χ2v) is 6.66. The van der Waals surface area contributed by atoms with Gasteiger partial charge >= 0.3 is 0 Å². The summed E-state index contributed by atoms with van der Waals surface area (Å²) < 4.78 is 0. The molecule has 19 heavy (non-hydrogen) atoms. The summed E-state index contributed by atoms with van der Waals surface area (Å²) in [6.45, 7) is 3.34. The molecule has 0 bridgehead atoms. The Bertz CT molecular complexity index is 431. The second-order valence-electron chi connectivity index (χ2n) is 5.88. The summed E-state index contributed by atoms with van der Waals surface area (Å²) in [7, 11) is 2.00. The van der Waals surface area contributed by atoms with E-state index in [1.165, 1.54) is 12.0 Å². The Hall–Kier alpha value is -0.870. The highest BCUT2D eigenvalue weighted by Crippen LogP contribution is 2.30. The van der Waals surface area contributed by atoms with Gasteiger partial charge in [0.15, 0.2) is 0 Å². The Morgan fingerprint density at radius 1 is 1.42 bits per heavy atom. The van der Waals surface area contributed by atoms with E-state index in [2.05, 4.69) is 21.7 Å². The minimum absolute atomic E-state index is 0.346. The van der Waals surface area contributed by atoms with Gasteiger partial charge in [-0.05, 0) is 47.6 Å². The summed E-state index contributed by atoms with van der Waals surface area (Å²) in [4.78, 5) is 16.5. The normalized spacial score (nSPS) is 29.1. The molecule has 0 N–H and O–H groups in total. The van der Waals surface area contributed by atoms with Crippen LogP contribution in [0.1, 0.15) is 31.2 Å². The molecule has 0 aliphatic carbocycles. The first-order chi connectivity index (χ1) is 9.24. The summed E-state index contributed by atoms with van der Waals surface area (Å²) in [5.41, 5.74) is 1.43. The first kappa shape index (κ1) is 13.1. The number of likely N-dealkylation sites (tertiary alicyclic amines) is 2. The van der Waals surface area contributed by atoms with Gasteiger partial charge in [-0.25, -0.2) is 0 Å². The van der Waals surface area contributed by atoms with Crippen molar-refractivity contribution in [2.45, 2.75) is 38.3 Å². The Labute approximate surface area is 119 Å². The lowest BCUT2D eigenvalue weighted by atomic mass is 9.88. The van der Waals surface area contributed by atoms with E-state index in [9.17, 15) is 4.79 Å². The molecule has 3 nitrogen and oxygen atoms in total. The molecule has 3 rings (SSSR count). The topological polar surface area (TPSA) is 23.6 Å². The number of hydrogen-bond donors (Lipinski definition) is 0. The number of carbonyl (C=O) groups excluding carboxylic acids is 1. The van der Waals surface area contributed by atoms with Gasteiger partial charge < -0.3 is 4.90 Å². The van der Waals surface area contributed by atoms with Gasteiger partial charge in [0.25, 0.3) is 0 Å². The summed E-state index contributed by atoms with van der Waals surface area (Å²) in [5.74, 6) is 1.02. The predicted molar refractivity (Wildman–Crippen MR) is 78.1 cm³/mol. The van der Waals surface area contributed by atoms with E-state index in [0.717, 1.165) is 38.9 Å². The fourth-order valence-corrected chi connectivity index (χ4v) is 4.21. The van der Waals surface area contributed by atoms with E-state index < -0.39 is 0 Å². The highest BCUT2D eigenvalue weighted by Gasteiger charge is 2.35. The lowest BCUT2D eigenvalue weighted by Gasteiger charge is -2.41. The smallest absolute Gasteiger partial charge is 0.222 e. The van der Waals surface area contributed by atoms with Crippen LogP contribution in [0.3, 0.4) is 0 Å².